The monoisotopic (exact) mass is 289 g/mol. The summed E-state index contributed by atoms with van der Waals surface area (Å²) in [5, 5.41) is 9.44. The average Bonchev–Trinajstić information content (AvgIpc) is 2.53. The predicted octanol–water partition coefficient (Wildman–Crippen LogP) is 1.62. The fourth-order valence-corrected chi connectivity index (χ4v) is 3.19. The van der Waals surface area contributed by atoms with Crippen LogP contribution in [0.25, 0.3) is 0 Å². The molecule has 1 atom stereocenters. The van der Waals surface area contributed by atoms with Crippen molar-refractivity contribution in [2.75, 3.05) is 19.8 Å². The van der Waals surface area contributed by atoms with Gasteiger partial charge in [0.1, 0.15) is 0 Å². The maximum Gasteiger partial charge on any atom is 0.312 e. The van der Waals surface area contributed by atoms with E-state index in [-0.39, 0.29) is 18.4 Å². The van der Waals surface area contributed by atoms with Gasteiger partial charge in [0.25, 0.3) is 0 Å². The van der Waals surface area contributed by atoms with E-state index in [2.05, 4.69) is 0 Å². The number of ether oxygens (including phenoxy) is 1. The van der Waals surface area contributed by atoms with Crippen molar-refractivity contribution < 1.29 is 19.4 Å². The van der Waals surface area contributed by atoms with Gasteiger partial charge in [0.15, 0.2) is 0 Å². The zero-order chi connectivity index (χ0) is 14.8. The van der Waals surface area contributed by atoms with E-state index in [9.17, 15) is 14.7 Å². The Labute approximate surface area is 123 Å². The highest BCUT2D eigenvalue weighted by molar-refractivity contribution is 5.82. The van der Waals surface area contributed by atoms with Gasteiger partial charge >= 0.3 is 5.97 Å². The summed E-state index contributed by atoms with van der Waals surface area (Å²) < 4.78 is 5.29. The summed E-state index contributed by atoms with van der Waals surface area (Å²) in [5.41, 5.74) is 1.78. The zero-order valence-corrected chi connectivity index (χ0v) is 11.8. The molecule has 0 aliphatic carbocycles. The summed E-state index contributed by atoms with van der Waals surface area (Å²) in [7, 11) is 0. The minimum Gasteiger partial charge on any atom is -0.481 e. The van der Waals surface area contributed by atoms with Gasteiger partial charge in [-0.2, -0.15) is 0 Å². The first-order valence-corrected chi connectivity index (χ1v) is 7.34. The Bertz CT molecular complexity index is 551. The number of aliphatic carboxylic acids is 1. The highest BCUT2D eigenvalue weighted by Crippen LogP contribution is 2.30. The van der Waals surface area contributed by atoms with Crippen molar-refractivity contribution in [3.8, 4) is 0 Å². The largest absolute Gasteiger partial charge is 0.481 e. The molecule has 1 aromatic rings. The maximum absolute atomic E-state index is 12.6. The molecule has 0 radical (unpaired) electrons. The highest BCUT2D eigenvalue weighted by Gasteiger charge is 2.35. The molecule has 3 rings (SSSR count). The second kappa shape index (κ2) is 5.85. The van der Waals surface area contributed by atoms with E-state index in [0.717, 1.165) is 24.0 Å². The molecule has 1 saturated heterocycles. The molecule has 1 amide bonds. The van der Waals surface area contributed by atoms with Crippen LogP contribution in [0.5, 0.6) is 0 Å². The van der Waals surface area contributed by atoms with Gasteiger partial charge in [0.05, 0.1) is 5.92 Å². The van der Waals surface area contributed by atoms with E-state index in [4.69, 9.17) is 4.74 Å². The van der Waals surface area contributed by atoms with E-state index in [0.29, 0.717) is 19.8 Å². The van der Waals surface area contributed by atoms with Crippen LogP contribution in [0.4, 0.5) is 0 Å². The van der Waals surface area contributed by atoms with Crippen molar-refractivity contribution in [1.82, 2.24) is 4.90 Å². The number of carboxylic acids is 1. The second-order valence-corrected chi connectivity index (χ2v) is 5.70. The molecule has 112 valence electrons. The molecule has 0 aromatic heterocycles. The van der Waals surface area contributed by atoms with Gasteiger partial charge in [-0.3, -0.25) is 9.59 Å². The van der Waals surface area contributed by atoms with Crippen LogP contribution < -0.4 is 0 Å². The van der Waals surface area contributed by atoms with Crippen molar-refractivity contribution in [2.24, 2.45) is 5.92 Å². The first-order chi connectivity index (χ1) is 10.2. The number of hydrogen-bond donors (Lipinski definition) is 1. The number of fused-ring (bicyclic) bond motifs is 1. The van der Waals surface area contributed by atoms with Crippen LogP contribution in [0.2, 0.25) is 0 Å². The molecule has 5 heteroatoms. The van der Waals surface area contributed by atoms with Gasteiger partial charge in [-0.05, 0) is 24.0 Å². The van der Waals surface area contributed by atoms with Gasteiger partial charge in [0, 0.05) is 32.2 Å². The van der Waals surface area contributed by atoms with Crippen LogP contribution in [0, 0.1) is 5.92 Å². The van der Waals surface area contributed by atoms with Crippen molar-refractivity contribution in [3.63, 3.8) is 0 Å². The van der Waals surface area contributed by atoms with E-state index >= 15 is 0 Å². The summed E-state index contributed by atoms with van der Waals surface area (Å²) in [4.78, 5) is 25.8. The predicted molar refractivity (Wildman–Crippen MR) is 75.8 cm³/mol. The smallest absolute Gasteiger partial charge is 0.312 e. The van der Waals surface area contributed by atoms with Crippen LogP contribution >= 0.6 is 0 Å². The Kier molecular flexibility index (Phi) is 3.92. The van der Waals surface area contributed by atoms with Gasteiger partial charge in [-0.1, -0.05) is 24.3 Å². The van der Waals surface area contributed by atoms with Crippen molar-refractivity contribution in [3.05, 3.63) is 35.4 Å². The summed E-state index contributed by atoms with van der Waals surface area (Å²) >= 11 is 0. The van der Waals surface area contributed by atoms with Gasteiger partial charge in [0.2, 0.25) is 5.91 Å². The molecule has 0 spiro atoms. The highest BCUT2D eigenvalue weighted by atomic mass is 16.5. The number of hydrogen-bond acceptors (Lipinski definition) is 3. The maximum atomic E-state index is 12.6. The molecule has 2 heterocycles. The lowest BCUT2D eigenvalue weighted by atomic mass is 9.88. The first-order valence-electron chi connectivity index (χ1n) is 7.34. The van der Waals surface area contributed by atoms with Crippen LogP contribution in [0.15, 0.2) is 24.3 Å². The lowest BCUT2D eigenvalue weighted by molar-refractivity contribution is -0.144. The van der Waals surface area contributed by atoms with E-state index in [1.165, 1.54) is 0 Å². The number of nitrogens with zero attached hydrogens (tertiary/aromatic N) is 1. The van der Waals surface area contributed by atoms with E-state index in [1.807, 2.05) is 24.3 Å². The number of amides is 1. The van der Waals surface area contributed by atoms with Crippen LogP contribution in [-0.2, 0) is 20.9 Å². The van der Waals surface area contributed by atoms with Gasteiger partial charge in [-0.15, -0.1) is 0 Å². The first kappa shape index (κ1) is 14.1. The molecule has 21 heavy (non-hydrogen) atoms. The molecule has 2 aliphatic heterocycles. The minimum absolute atomic E-state index is 0.0292. The van der Waals surface area contributed by atoms with Crippen LogP contribution in [0.3, 0.4) is 0 Å². The number of rotatable bonds is 2. The van der Waals surface area contributed by atoms with Gasteiger partial charge < -0.3 is 14.7 Å². The summed E-state index contributed by atoms with van der Waals surface area (Å²) in [6, 6.07) is 7.50. The molecular weight excluding hydrogens is 270 g/mol. The van der Waals surface area contributed by atoms with Crippen LogP contribution in [0.1, 0.15) is 29.9 Å². The average molecular weight is 289 g/mol. The molecular formula is C16H19NO4. The standard InChI is InChI=1S/C16H19NO4/c18-15(11-5-7-21-8-6-11)17-9-12-3-1-2-4-13(12)14(10-17)16(19)20/h1-4,11,14H,5-10H2,(H,19,20). The molecule has 1 fully saturated rings. The third-order valence-corrected chi connectivity index (χ3v) is 4.37. The Morgan fingerprint density at radius 3 is 2.62 bits per heavy atom. The molecule has 1 unspecified atom stereocenters. The third-order valence-electron chi connectivity index (χ3n) is 4.37. The fourth-order valence-electron chi connectivity index (χ4n) is 3.19. The Morgan fingerprint density at radius 2 is 1.90 bits per heavy atom. The van der Waals surface area contributed by atoms with E-state index in [1.54, 1.807) is 4.90 Å². The van der Waals surface area contributed by atoms with Gasteiger partial charge in [-0.25, -0.2) is 0 Å². The lowest BCUT2D eigenvalue weighted by Gasteiger charge is -2.35. The second-order valence-electron chi connectivity index (χ2n) is 5.70. The summed E-state index contributed by atoms with van der Waals surface area (Å²) in [5.74, 6) is -1.46. The molecule has 2 aliphatic rings. The van der Waals surface area contributed by atoms with Crippen molar-refractivity contribution in [1.29, 1.82) is 0 Å². The SMILES string of the molecule is O=C(O)C1CN(C(=O)C2CCOCC2)Cc2ccccc21. The quantitative estimate of drug-likeness (QED) is 0.898. The van der Waals surface area contributed by atoms with Crippen molar-refractivity contribution >= 4 is 11.9 Å². The molecule has 0 bridgehead atoms. The van der Waals surface area contributed by atoms with Crippen LogP contribution in [-0.4, -0.2) is 41.6 Å². The van der Waals surface area contributed by atoms with E-state index < -0.39 is 11.9 Å². The number of benzene rings is 1. The lowest BCUT2D eigenvalue weighted by Crippen LogP contribution is -2.44. The molecule has 1 N–H and O–H groups in total. The van der Waals surface area contributed by atoms with Crippen molar-refractivity contribution in [2.45, 2.75) is 25.3 Å². The third kappa shape index (κ3) is 2.78. The number of carbonyl (C=O) groups is 2. The normalized spacial score (nSPS) is 22.7. The topological polar surface area (TPSA) is 66.8 Å². The molecule has 1 aromatic carbocycles. The Hall–Kier alpha value is -1.88. The molecule has 0 saturated carbocycles. The fraction of sp³-hybridized carbons (Fsp3) is 0.500. The Morgan fingerprint density at radius 1 is 1.19 bits per heavy atom. The molecule has 5 nitrogen and oxygen atoms in total. The number of carbonyl (C=O) groups excluding carboxylic acids is 1. The number of carboxylic acid groups (broad SMARTS) is 1. The zero-order valence-electron chi connectivity index (χ0n) is 11.8. The summed E-state index contributed by atoms with van der Waals surface area (Å²) in [6.45, 7) is 2.01. The summed E-state index contributed by atoms with van der Waals surface area (Å²) in [6.07, 6.45) is 1.46. The minimum atomic E-state index is -0.869. The Balaban J connectivity index is 1.82.